The van der Waals surface area contributed by atoms with Gasteiger partial charge in [-0.1, -0.05) is 12.2 Å². The van der Waals surface area contributed by atoms with Crippen molar-refractivity contribution < 1.29 is 10.2 Å². The Morgan fingerprint density at radius 2 is 1.26 bits per heavy atom. The van der Waals surface area contributed by atoms with Crippen molar-refractivity contribution in [1.82, 2.24) is 0 Å². The molecule has 2 bridgehead atoms. The van der Waals surface area contributed by atoms with Crippen molar-refractivity contribution in [1.29, 1.82) is 0 Å². The van der Waals surface area contributed by atoms with Crippen LogP contribution >= 0.6 is 0 Å². The Hall–Kier alpha value is -0.600. The minimum Gasteiger partial charge on any atom is -0.389 e. The zero-order chi connectivity index (χ0) is 13.2. The molecule has 5 rings (SSSR count). The van der Waals surface area contributed by atoms with E-state index in [1.54, 1.807) is 0 Å². The summed E-state index contributed by atoms with van der Waals surface area (Å²) in [6, 6.07) is 0. The van der Waals surface area contributed by atoms with Crippen LogP contribution in [0.3, 0.4) is 0 Å². The molecule has 0 unspecified atom stereocenters. The van der Waals surface area contributed by atoms with Gasteiger partial charge in [0.2, 0.25) is 0 Å². The highest BCUT2D eigenvalue weighted by Crippen LogP contribution is 2.88. The van der Waals surface area contributed by atoms with Crippen LogP contribution in [0.15, 0.2) is 25.3 Å². The molecule has 19 heavy (non-hydrogen) atoms. The second-order valence-electron chi connectivity index (χ2n) is 7.79. The predicted molar refractivity (Wildman–Crippen MR) is 72.1 cm³/mol. The van der Waals surface area contributed by atoms with Gasteiger partial charge in [0, 0.05) is 0 Å². The molecule has 0 heterocycles. The first-order chi connectivity index (χ1) is 9.09. The summed E-state index contributed by atoms with van der Waals surface area (Å²) < 4.78 is 0. The van der Waals surface area contributed by atoms with Crippen molar-refractivity contribution in [2.24, 2.45) is 47.3 Å². The van der Waals surface area contributed by atoms with Gasteiger partial charge in [-0.3, -0.25) is 0 Å². The van der Waals surface area contributed by atoms with E-state index in [1.807, 2.05) is 12.2 Å². The Morgan fingerprint density at radius 3 is 1.63 bits per heavy atom. The number of hydrogen-bond donors (Lipinski definition) is 2. The van der Waals surface area contributed by atoms with Gasteiger partial charge >= 0.3 is 0 Å². The third-order valence-electron chi connectivity index (χ3n) is 7.75. The van der Waals surface area contributed by atoms with Crippen LogP contribution < -0.4 is 0 Å². The summed E-state index contributed by atoms with van der Waals surface area (Å²) in [4.78, 5) is 0. The van der Waals surface area contributed by atoms with E-state index in [2.05, 4.69) is 13.2 Å². The number of fused-ring (bicyclic) bond motifs is 2. The fourth-order valence-electron chi connectivity index (χ4n) is 7.95. The van der Waals surface area contributed by atoms with Gasteiger partial charge in [0.05, 0.1) is 11.2 Å². The first kappa shape index (κ1) is 11.1. The normalized spacial score (nSPS) is 69.6. The summed E-state index contributed by atoms with van der Waals surface area (Å²) in [5, 5.41) is 22.5. The summed E-state index contributed by atoms with van der Waals surface area (Å²) in [6.07, 6.45) is 6.46. The molecule has 0 aliphatic heterocycles. The second-order valence-corrected chi connectivity index (χ2v) is 7.79. The lowest BCUT2D eigenvalue weighted by Gasteiger charge is -2.57. The van der Waals surface area contributed by atoms with E-state index < -0.39 is 11.2 Å². The summed E-state index contributed by atoms with van der Waals surface area (Å²) in [7, 11) is 0. The molecule has 0 radical (unpaired) electrons. The Bertz CT molecular complexity index is 451. The van der Waals surface area contributed by atoms with Crippen LogP contribution in [0, 0.1) is 47.3 Å². The summed E-state index contributed by atoms with van der Waals surface area (Å²) in [5.74, 6) is 4.10. The molecule has 0 spiro atoms. The number of aliphatic hydroxyl groups is 2. The van der Waals surface area contributed by atoms with Crippen LogP contribution in [0.1, 0.15) is 19.3 Å². The highest BCUT2D eigenvalue weighted by atomic mass is 16.3. The molecule has 5 fully saturated rings. The Labute approximate surface area is 114 Å². The van der Waals surface area contributed by atoms with E-state index in [4.69, 9.17) is 0 Å². The Kier molecular flexibility index (Phi) is 1.68. The lowest BCUT2D eigenvalue weighted by Crippen LogP contribution is -2.63. The fraction of sp³-hybridized carbons (Fsp3) is 0.765. The van der Waals surface area contributed by atoms with Gasteiger partial charge in [-0.05, 0) is 66.6 Å². The predicted octanol–water partition coefficient (Wildman–Crippen LogP) is 1.99. The summed E-state index contributed by atoms with van der Waals surface area (Å²) in [6.45, 7) is 7.70. The number of hydrogen-bond acceptors (Lipinski definition) is 2. The zero-order valence-corrected chi connectivity index (χ0v) is 11.2. The molecule has 102 valence electrons. The maximum absolute atomic E-state index is 11.3. The van der Waals surface area contributed by atoms with E-state index in [0.717, 1.165) is 0 Å². The van der Waals surface area contributed by atoms with Crippen LogP contribution in [0.4, 0.5) is 0 Å². The lowest BCUT2D eigenvalue weighted by molar-refractivity contribution is -0.212. The minimum absolute atomic E-state index is 0.324. The third-order valence-corrected chi connectivity index (χ3v) is 7.75. The first-order valence-corrected chi connectivity index (χ1v) is 7.76. The molecule has 10 atom stereocenters. The van der Waals surface area contributed by atoms with Crippen LogP contribution in [0.25, 0.3) is 0 Å². The average Bonchev–Trinajstić information content (AvgIpc) is 2.80. The zero-order valence-electron chi connectivity index (χ0n) is 11.2. The van der Waals surface area contributed by atoms with E-state index in [1.165, 1.54) is 6.42 Å². The van der Waals surface area contributed by atoms with Crippen molar-refractivity contribution in [2.45, 2.75) is 30.5 Å². The van der Waals surface area contributed by atoms with Gasteiger partial charge < -0.3 is 10.2 Å². The quantitative estimate of drug-likeness (QED) is 0.757. The van der Waals surface area contributed by atoms with E-state index >= 15 is 0 Å². The smallest absolute Gasteiger partial charge is 0.0751 e. The molecule has 5 saturated carbocycles. The van der Waals surface area contributed by atoms with Crippen LogP contribution in [0.5, 0.6) is 0 Å². The molecule has 2 heteroatoms. The van der Waals surface area contributed by atoms with Crippen LogP contribution in [-0.2, 0) is 0 Å². The Balaban J connectivity index is 1.68. The van der Waals surface area contributed by atoms with Gasteiger partial charge in [0.1, 0.15) is 0 Å². The van der Waals surface area contributed by atoms with Crippen molar-refractivity contribution in [3.05, 3.63) is 25.3 Å². The van der Waals surface area contributed by atoms with Gasteiger partial charge in [-0.25, -0.2) is 0 Å². The molecule has 0 amide bonds. The summed E-state index contributed by atoms with van der Waals surface area (Å²) >= 11 is 0. The highest BCUT2D eigenvalue weighted by Gasteiger charge is 2.90. The highest BCUT2D eigenvalue weighted by molar-refractivity contribution is 5.38. The van der Waals surface area contributed by atoms with Crippen molar-refractivity contribution in [3.8, 4) is 0 Å². The van der Waals surface area contributed by atoms with E-state index in [0.29, 0.717) is 60.2 Å². The first-order valence-electron chi connectivity index (χ1n) is 7.76. The van der Waals surface area contributed by atoms with Gasteiger partial charge in [0.15, 0.2) is 0 Å². The second kappa shape index (κ2) is 2.87. The maximum Gasteiger partial charge on any atom is 0.0751 e. The third kappa shape index (κ3) is 0.809. The SMILES string of the molecule is C=CC[C@]1(O)[C@@H]2[C@@H]3[C@@H]4C[C@@H]5[C@@H]3[C@@H]2[C@](O)(CC=C)[C@H]5[C@H]41. The maximum atomic E-state index is 11.3. The average molecular weight is 258 g/mol. The molecule has 0 aromatic carbocycles. The standard InChI is InChI=1S/C17H22O2/c1-3-5-16(18)12-8-7-9-11-10(8)14(16)15(11)17(19,6-4-2)13(9)12/h3-4,8-15,18-19H,1-2,5-7H2/t8-,9+,10+,11-,12-,13+,14+,15-,16+,17-. The van der Waals surface area contributed by atoms with Crippen molar-refractivity contribution >= 4 is 0 Å². The lowest BCUT2D eigenvalue weighted by atomic mass is 9.51. The molecular weight excluding hydrogens is 236 g/mol. The van der Waals surface area contributed by atoms with E-state index in [-0.39, 0.29) is 0 Å². The molecule has 2 N–H and O–H groups in total. The monoisotopic (exact) mass is 258 g/mol. The van der Waals surface area contributed by atoms with Gasteiger partial charge in [0.25, 0.3) is 0 Å². The molecule has 0 saturated heterocycles. The molecular formula is C17H22O2. The largest absolute Gasteiger partial charge is 0.389 e. The molecule has 5 aliphatic carbocycles. The van der Waals surface area contributed by atoms with Crippen LogP contribution in [-0.4, -0.2) is 21.4 Å². The molecule has 5 aliphatic rings. The topological polar surface area (TPSA) is 40.5 Å². The minimum atomic E-state index is -0.554. The molecule has 0 aromatic rings. The number of rotatable bonds is 4. The molecule has 2 nitrogen and oxygen atoms in total. The fourth-order valence-corrected chi connectivity index (χ4v) is 7.95. The van der Waals surface area contributed by atoms with Crippen molar-refractivity contribution in [3.63, 3.8) is 0 Å². The summed E-state index contributed by atoms with van der Waals surface area (Å²) in [5.41, 5.74) is -1.11. The molecule has 0 aromatic heterocycles. The van der Waals surface area contributed by atoms with Crippen LogP contribution in [0.2, 0.25) is 0 Å². The van der Waals surface area contributed by atoms with Gasteiger partial charge in [-0.2, -0.15) is 0 Å². The van der Waals surface area contributed by atoms with Crippen molar-refractivity contribution in [2.75, 3.05) is 0 Å². The van der Waals surface area contributed by atoms with Gasteiger partial charge in [-0.15, -0.1) is 13.2 Å². The van der Waals surface area contributed by atoms with E-state index in [9.17, 15) is 10.2 Å². The Morgan fingerprint density at radius 1 is 0.842 bits per heavy atom.